The molecule has 1 heterocycles. The predicted molar refractivity (Wildman–Crippen MR) is 46.8 cm³/mol. The largest absolute Gasteiger partial charge is 0.493 e. The van der Waals surface area contributed by atoms with Crippen molar-refractivity contribution in [1.82, 2.24) is 9.55 Å². The van der Waals surface area contributed by atoms with Gasteiger partial charge in [-0.15, -0.1) is 0 Å². The lowest BCUT2D eigenvalue weighted by molar-refractivity contribution is 0.455. The Morgan fingerprint density at radius 3 is 2.27 bits per heavy atom. The normalized spacial score (nSPS) is 11.9. The van der Waals surface area contributed by atoms with E-state index in [0.29, 0.717) is 0 Å². The SMILES string of the molecule is Oc1cn(C(Cl)(Cl)Cl)c(=S)[nH]1. The first-order valence-electron chi connectivity index (χ1n) is 2.49. The standard InChI is InChI=1S/C4H3Cl3N2OS/c5-4(6,7)9-1-2(10)8-3(9)11/h1,10H,(H,8,11). The highest BCUT2D eigenvalue weighted by atomic mass is 35.6. The maximum absolute atomic E-state index is 8.88. The molecule has 3 nitrogen and oxygen atoms in total. The van der Waals surface area contributed by atoms with Gasteiger partial charge >= 0.3 is 0 Å². The van der Waals surface area contributed by atoms with Gasteiger partial charge in [-0.05, 0) is 12.2 Å². The second-order valence-corrected chi connectivity index (χ2v) is 4.39. The molecule has 0 spiro atoms. The number of nitrogens with zero attached hydrogens (tertiary/aromatic N) is 1. The number of aromatic amines is 1. The Morgan fingerprint density at radius 2 is 2.09 bits per heavy atom. The topological polar surface area (TPSA) is 41.0 Å². The number of alkyl halides is 3. The molecular weight excluding hydrogens is 230 g/mol. The molecule has 7 heteroatoms. The lowest BCUT2D eigenvalue weighted by Gasteiger charge is -2.10. The molecule has 0 saturated carbocycles. The van der Waals surface area contributed by atoms with Crippen LogP contribution in [-0.4, -0.2) is 14.7 Å². The van der Waals surface area contributed by atoms with Crippen molar-refractivity contribution in [2.75, 3.05) is 0 Å². The highest BCUT2D eigenvalue weighted by molar-refractivity contribution is 7.71. The van der Waals surface area contributed by atoms with Crippen molar-refractivity contribution in [1.29, 1.82) is 0 Å². The smallest absolute Gasteiger partial charge is 0.273 e. The summed E-state index contributed by atoms with van der Waals surface area (Å²) in [7, 11) is 0. The summed E-state index contributed by atoms with van der Waals surface area (Å²) in [6.45, 7) is 0. The molecule has 1 aromatic rings. The molecule has 0 amide bonds. The van der Waals surface area contributed by atoms with Gasteiger partial charge in [0.15, 0.2) is 4.77 Å². The number of nitrogens with one attached hydrogen (secondary N) is 1. The van der Waals surface area contributed by atoms with Crippen LogP contribution in [0.4, 0.5) is 0 Å². The van der Waals surface area contributed by atoms with E-state index in [1.807, 2.05) is 0 Å². The van der Waals surface area contributed by atoms with E-state index in [0.717, 1.165) is 4.57 Å². The predicted octanol–water partition coefficient (Wildman–Crippen LogP) is 2.54. The van der Waals surface area contributed by atoms with Crippen molar-refractivity contribution in [3.63, 3.8) is 0 Å². The minimum absolute atomic E-state index is 0.138. The quantitative estimate of drug-likeness (QED) is 0.534. The molecule has 1 rings (SSSR count). The average Bonchev–Trinajstić information content (AvgIpc) is 2.08. The van der Waals surface area contributed by atoms with Crippen molar-refractivity contribution >= 4 is 47.0 Å². The third-order valence-corrected chi connectivity index (χ3v) is 1.82. The fourth-order valence-electron chi connectivity index (χ4n) is 0.571. The first kappa shape index (κ1) is 9.19. The highest BCUT2D eigenvalue weighted by Gasteiger charge is 2.23. The minimum Gasteiger partial charge on any atom is -0.493 e. The molecule has 0 radical (unpaired) electrons. The first-order chi connectivity index (χ1) is 4.91. The Balaban J connectivity index is 3.25. The first-order valence-corrected chi connectivity index (χ1v) is 4.03. The lowest BCUT2D eigenvalue weighted by atomic mass is 10.8. The van der Waals surface area contributed by atoms with Gasteiger partial charge in [-0.2, -0.15) is 0 Å². The molecule has 0 unspecified atom stereocenters. The third kappa shape index (κ3) is 2.02. The van der Waals surface area contributed by atoms with Crippen LogP contribution in [0, 0.1) is 4.77 Å². The van der Waals surface area contributed by atoms with Gasteiger partial charge in [0.2, 0.25) is 5.88 Å². The minimum atomic E-state index is -1.66. The van der Waals surface area contributed by atoms with Gasteiger partial charge in [-0.25, -0.2) is 0 Å². The second-order valence-electron chi connectivity index (χ2n) is 1.78. The fourth-order valence-corrected chi connectivity index (χ4v) is 1.42. The van der Waals surface area contributed by atoms with Gasteiger partial charge < -0.3 is 10.1 Å². The van der Waals surface area contributed by atoms with Crippen LogP contribution in [0.1, 0.15) is 0 Å². The van der Waals surface area contributed by atoms with E-state index in [2.05, 4.69) is 4.98 Å². The monoisotopic (exact) mass is 232 g/mol. The molecule has 0 atom stereocenters. The van der Waals surface area contributed by atoms with Crippen molar-refractivity contribution in [3.8, 4) is 5.88 Å². The van der Waals surface area contributed by atoms with Crippen LogP contribution in [0.3, 0.4) is 0 Å². The summed E-state index contributed by atoms with van der Waals surface area (Å²) in [5.74, 6) is -0.138. The van der Waals surface area contributed by atoms with Crippen LogP contribution in [0.25, 0.3) is 0 Å². The van der Waals surface area contributed by atoms with E-state index < -0.39 is 3.92 Å². The fraction of sp³-hybridized carbons (Fsp3) is 0.250. The Labute approximate surface area is 82.5 Å². The van der Waals surface area contributed by atoms with Gasteiger partial charge in [0.1, 0.15) is 0 Å². The van der Waals surface area contributed by atoms with Gasteiger partial charge in [-0.1, -0.05) is 34.8 Å². The number of aromatic hydroxyl groups is 1. The number of halogens is 3. The highest BCUT2D eigenvalue weighted by Crippen LogP contribution is 2.33. The summed E-state index contributed by atoms with van der Waals surface area (Å²) in [4.78, 5) is 2.39. The Kier molecular flexibility index (Phi) is 2.39. The summed E-state index contributed by atoms with van der Waals surface area (Å²) in [6.07, 6.45) is 1.20. The van der Waals surface area contributed by atoms with Crippen LogP contribution < -0.4 is 0 Å². The summed E-state index contributed by atoms with van der Waals surface area (Å²) in [5, 5.41) is 8.88. The molecule has 0 bridgehead atoms. The molecule has 2 N–H and O–H groups in total. The summed E-state index contributed by atoms with van der Waals surface area (Å²) >= 11 is 21.1. The third-order valence-electron chi connectivity index (χ3n) is 0.978. The number of H-pyrrole nitrogens is 1. The molecule has 0 aliphatic heterocycles. The molecule has 0 saturated heterocycles. The van der Waals surface area contributed by atoms with Crippen LogP contribution in [0.5, 0.6) is 5.88 Å². The van der Waals surface area contributed by atoms with Gasteiger partial charge in [0.05, 0.1) is 6.20 Å². The van der Waals surface area contributed by atoms with E-state index in [1.165, 1.54) is 6.20 Å². The van der Waals surface area contributed by atoms with E-state index in [4.69, 9.17) is 52.1 Å². The Bertz CT molecular complexity index is 312. The van der Waals surface area contributed by atoms with Crippen LogP contribution in [-0.2, 0) is 3.92 Å². The van der Waals surface area contributed by atoms with Crippen molar-refractivity contribution < 1.29 is 5.11 Å². The number of hydrogen-bond donors (Lipinski definition) is 2. The number of aromatic nitrogens is 2. The van der Waals surface area contributed by atoms with Crippen LogP contribution >= 0.6 is 47.0 Å². The number of rotatable bonds is 0. The molecular formula is C4H3Cl3N2OS. The summed E-state index contributed by atoms with van der Waals surface area (Å²) in [5.41, 5.74) is 0. The van der Waals surface area contributed by atoms with E-state index in [1.54, 1.807) is 0 Å². The molecule has 1 aromatic heterocycles. The number of imidazole rings is 1. The second kappa shape index (κ2) is 2.86. The molecule has 0 aromatic carbocycles. The van der Waals surface area contributed by atoms with Gasteiger partial charge in [-0.3, -0.25) is 4.57 Å². The van der Waals surface area contributed by atoms with Crippen LogP contribution in [0.2, 0.25) is 0 Å². The molecule has 0 aliphatic rings. The molecule has 62 valence electrons. The average molecular weight is 234 g/mol. The van der Waals surface area contributed by atoms with E-state index >= 15 is 0 Å². The van der Waals surface area contributed by atoms with E-state index in [9.17, 15) is 0 Å². The number of hydrogen-bond acceptors (Lipinski definition) is 2. The molecule has 0 fully saturated rings. The van der Waals surface area contributed by atoms with Crippen molar-refractivity contribution in [2.24, 2.45) is 0 Å². The molecule has 0 aliphatic carbocycles. The summed E-state index contributed by atoms with van der Waals surface area (Å²) < 4.78 is -0.390. The molecule has 11 heavy (non-hydrogen) atoms. The maximum Gasteiger partial charge on any atom is 0.273 e. The van der Waals surface area contributed by atoms with E-state index in [-0.39, 0.29) is 10.7 Å². The maximum atomic E-state index is 8.88. The lowest BCUT2D eigenvalue weighted by Crippen LogP contribution is -2.10. The Hall–Kier alpha value is 0.1000. The van der Waals surface area contributed by atoms with Crippen molar-refractivity contribution in [2.45, 2.75) is 3.92 Å². The zero-order valence-corrected chi connectivity index (χ0v) is 8.10. The Morgan fingerprint density at radius 1 is 1.55 bits per heavy atom. The van der Waals surface area contributed by atoms with Gasteiger partial charge in [0, 0.05) is 0 Å². The zero-order valence-electron chi connectivity index (χ0n) is 5.01. The van der Waals surface area contributed by atoms with Crippen molar-refractivity contribution in [3.05, 3.63) is 11.0 Å². The van der Waals surface area contributed by atoms with Gasteiger partial charge in [0.25, 0.3) is 3.92 Å². The van der Waals surface area contributed by atoms with Crippen LogP contribution in [0.15, 0.2) is 6.20 Å². The zero-order chi connectivity index (χ0) is 8.65. The summed E-state index contributed by atoms with van der Waals surface area (Å²) in [6, 6.07) is 0.